The lowest BCUT2D eigenvalue weighted by Crippen LogP contribution is -1.94. The summed E-state index contributed by atoms with van der Waals surface area (Å²) >= 11 is 1.57. The van der Waals surface area contributed by atoms with Crippen LogP contribution < -0.4 is 5.32 Å². The SMILES string of the molecule is Cc1nc2scc(-c3ccc4c(c3)CCN4)n2c1C=O. The molecule has 0 unspecified atom stereocenters. The highest BCUT2D eigenvalue weighted by Gasteiger charge is 2.16. The van der Waals surface area contributed by atoms with Crippen molar-refractivity contribution >= 4 is 28.3 Å². The van der Waals surface area contributed by atoms with Gasteiger partial charge in [0.1, 0.15) is 5.69 Å². The Morgan fingerprint density at radius 2 is 2.35 bits per heavy atom. The molecule has 3 heterocycles. The largest absolute Gasteiger partial charge is 0.384 e. The number of rotatable bonds is 2. The topological polar surface area (TPSA) is 46.4 Å². The third kappa shape index (κ3) is 1.53. The zero-order valence-corrected chi connectivity index (χ0v) is 11.8. The molecule has 1 aliphatic heterocycles. The summed E-state index contributed by atoms with van der Waals surface area (Å²) in [6.45, 7) is 2.88. The van der Waals surface area contributed by atoms with Crippen molar-refractivity contribution in [3.63, 3.8) is 0 Å². The van der Waals surface area contributed by atoms with Crippen molar-refractivity contribution in [1.82, 2.24) is 9.38 Å². The van der Waals surface area contributed by atoms with Crippen molar-refractivity contribution < 1.29 is 4.79 Å². The van der Waals surface area contributed by atoms with Gasteiger partial charge in [0.25, 0.3) is 0 Å². The molecule has 20 heavy (non-hydrogen) atoms. The number of aryl methyl sites for hydroxylation is 1. The number of nitrogens with zero attached hydrogens (tertiary/aromatic N) is 2. The van der Waals surface area contributed by atoms with Crippen LogP contribution in [-0.2, 0) is 6.42 Å². The molecule has 0 bridgehead atoms. The lowest BCUT2D eigenvalue weighted by molar-refractivity contribution is 0.111. The van der Waals surface area contributed by atoms with E-state index in [9.17, 15) is 4.79 Å². The van der Waals surface area contributed by atoms with Gasteiger partial charge in [0, 0.05) is 17.6 Å². The van der Waals surface area contributed by atoms with E-state index in [1.165, 1.54) is 11.3 Å². The molecule has 0 atom stereocenters. The minimum atomic E-state index is 0.648. The van der Waals surface area contributed by atoms with Crippen LogP contribution in [0.1, 0.15) is 21.7 Å². The van der Waals surface area contributed by atoms with E-state index in [-0.39, 0.29) is 0 Å². The predicted molar refractivity (Wildman–Crippen MR) is 80.8 cm³/mol. The van der Waals surface area contributed by atoms with Crippen molar-refractivity contribution in [1.29, 1.82) is 0 Å². The highest BCUT2D eigenvalue weighted by atomic mass is 32.1. The van der Waals surface area contributed by atoms with Crippen LogP contribution in [-0.4, -0.2) is 22.2 Å². The maximum absolute atomic E-state index is 11.3. The number of aldehydes is 1. The number of thiazole rings is 1. The quantitative estimate of drug-likeness (QED) is 0.735. The maximum Gasteiger partial charge on any atom is 0.194 e. The van der Waals surface area contributed by atoms with Crippen molar-refractivity contribution in [3.8, 4) is 11.3 Å². The molecule has 0 spiro atoms. The Hall–Kier alpha value is -2.14. The van der Waals surface area contributed by atoms with E-state index in [1.54, 1.807) is 11.3 Å². The molecule has 1 N–H and O–H groups in total. The highest BCUT2D eigenvalue weighted by Crippen LogP contribution is 2.32. The van der Waals surface area contributed by atoms with E-state index in [4.69, 9.17) is 0 Å². The number of fused-ring (bicyclic) bond motifs is 2. The smallest absolute Gasteiger partial charge is 0.194 e. The van der Waals surface area contributed by atoms with Crippen LogP contribution in [0.25, 0.3) is 16.2 Å². The molecule has 1 aromatic carbocycles. The first-order valence-electron chi connectivity index (χ1n) is 6.57. The molecule has 5 heteroatoms. The maximum atomic E-state index is 11.3. The van der Waals surface area contributed by atoms with Gasteiger partial charge < -0.3 is 5.32 Å². The Bertz CT molecular complexity index is 831. The van der Waals surface area contributed by atoms with E-state index in [0.29, 0.717) is 5.69 Å². The van der Waals surface area contributed by atoms with Gasteiger partial charge in [0.15, 0.2) is 11.2 Å². The summed E-state index contributed by atoms with van der Waals surface area (Å²) in [5, 5.41) is 5.43. The van der Waals surface area contributed by atoms with Crippen LogP contribution in [0, 0.1) is 6.92 Å². The van der Waals surface area contributed by atoms with Gasteiger partial charge in [-0.2, -0.15) is 0 Å². The predicted octanol–water partition coefficient (Wildman–Crippen LogP) is 3.15. The van der Waals surface area contributed by atoms with Crippen molar-refractivity contribution in [2.75, 3.05) is 11.9 Å². The van der Waals surface area contributed by atoms with E-state index in [2.05, 4.69) is 33.9 Å². The molecule has 100 valence electrons. The summed E-state index contributed by atoms with van der Waals surface area (Å²) in [5.74, 6) is 0. The zero-order valence-electron chi connectivity index (χ0n) is 11.0. The number of hydrogen-bond acceptors (Lipinski definition) is 4. The van der Waals surface area contributed by atoms with Gasteiger partial charge in [0.2, 0.25) is 0 Å². The molecule has 4 nitrogen and oxygen atoms in total. The summed E-state index contributed by atoms with van der Waals surface area (Å²) in [4.78, 5) is 16.6. The van der Waals surface area contributed by atoms with Gasteiger partial charge in [-0.15, -0.1) is 11.3 Å². The first kappa shape index (κ1) is 11.7. The Labute approximate surface area is 120 Å². The summed E-state index contributed by atoms with van der Waals surface area (Å²) in [5.41, 5.74) is 6.18. The second-order valence-corrected chi connectivity index (χ2v) is 5.82. The minimum absolute atomic E-state index is 0.648. The van der Waals surface area contributed by atoms with Crippen LogP contribution in [0.15, 0.2) is 23.6 Å². The highest BCUT2D eigenvalue weighted by molar-refractivity contribution is 7.15. The second kappa shape index (κ2) is 4.18. The molecule has 2 aromatic heterocycles. The lowest BCUT2D eigenvalue weighted by atomic mass is 10.1. The fourth-order valence-corrected chi connectivity index (χ4v) is 3.74. The van der Waals surface area contributed by atoms with Crippen LogP contribution in [0.2, 0.25) is 0 Å². The normalized spacial score (nSPS) is 13.4. The average molecular weight is 283 g/mol. The number of benzene rings is 1. The fourth-order valence-electron chi connectivity index (χ4n) is 2.79. The Balaban J connectivity index is 1.96. The Morgan fingerprint density at radius 3 is 3.20 bits per heavy atom. The first-order valence-corrected chi connectivity index (χ1v) is 7.45. The third-order valence-corrected chi connectivity index (χ3v) is 4.63. The molecule has 1 aliphatic rings. The minimum Gasteiger partial charge on any atom is -0.384 e. The molecular weight excluding hydrogens is 270 g/mol. The molecule has 4 rings (SSSR count). The number of nitrogens with one attached hydrogen (secondary N) is 1. The molecule has 0 radical (unpaired) electrons. The monoisotopic (exact) mass is 283 g/mol. The van der Waals surface area contributed by atoms with Gasteiger partial charge in [0.05, 0.1) is 11.4 Å². The molecule has 0 amide bonds. The summed E-state index contributed by atoms with van der Waals surface area (Å²) in [6, 6.07) is 6.43. The molecule has 3 aromatic rings. The second-order valence-electron chi connectivity index (χ2n) is 4.99. The number of carbonyl (C=O) groups excluding carboxylic acids is 1. The first-order chi connectivity index (χ1) is 9.78. The van der Waals surface area contributed by atoms with Crippen LogP contribution in [0.4, 0.5) is 5.69 Å². The molecule has 0 aliphatic carbocycles. The number of anilines is 1. The third-order valence-electron chi connectivity index (χ3n) is 3.81. The van der Waals surface area contributed by atoms with Gasteiger partial charge in [-0.05, 0) is 36.6 Å². The number of hydrogen-bond donors (Lipinski definition) is 1. The number of carbonyl (C=O) groups is 1. The molecule has 0 saturated heterocycles. The standard InChI is InChI=1S/C15H13N3OS/c1-9-13(7-19)18-14(8-20-15(18)17-9)11-2-3-12-10(6-11)4-5-16-12/h2-3,6-8,16H,4-5H2,1H3. The fraction of sp³-hybridized carbons (Fsp3) is 0.200. The summed E-state index contributed by atoms with van der Waals surface area (Å²) < 4.78 is 1.96. The van der Waals surface area contributed by atoms with E-state index >= 15 is 0 Å². The summed E-state index contributed by atoms with van der Waals surface area (Å²) in [7, 11) is 0. The number of aromatic nitrogens is 2. The Morgan fingerprint density at radius 1 is 1.45 bits per heavy atom. The van der Waals surface area contributed by atoms with Gasteiger partial charge in [-0.25, -0.2) is 4.98 Å². The lowest BCUT2D eigenvalue weighted by Gasteiger charge is -2.05. The van der Waals surface area contributed by atoms with E-state index in [0.717, 1.165) is 41.2 Å². The Kier molecular flexibility index (Phi) is 2.44. The van der Waals surface area contributed by atoms with Gasteiger partial charge in [-0.3, -0.25) is 9.20 Å². The van der Waals surface area contributed by atoms with Gasteiger partial charge >= 0.3 is 0 Å². The van der Waals surface area contributed by atoms with Crippen molar-refractivity contribution in [2.45, 2.75) is 13.3 Å². The van der Waals surface area contributed by atoms with Crippen molar-refractivity contribution in [2.24, 2.45) is 0 Å². The van der Waals surface area contributed by atoms with E-state index < -0.39 is 0 Å². The van der Waals surface area contributed by atoms with Crippen LogP contribution in [0.5, 0.6) is 0 Å². The van der Waals surface area contributed by atoms with Crippen LogP contribution in [0.3, 0.4) is 0 Å². The van der Waals surface area contributed by atoms with Gasteiger partial charge in [-0.1, -0.05) is 6.07 Å². The molecule has 0 saturated carbocycles. The zero-order chi connectivity index (χ0) is 13.7. The molecule has 0 fully saturated rings. The average Bonchev–Trinajstić information content (AvgIpc) is 3.11. The van der Waals surface area contributed by atoms with E-state index in [1.807, 2.05) is 11.3 Å². The summed E-state index contributed by atoms with van der Waals surface area (Å²) in [6.07, 6.45) is 1.94. The molecular formula is C15H13N3OS. The number of imidazole rings is 1. The van der Waals surface area contributed by atoms with Crippen LogP contribution >= 0.6 is 11.3 Å². The van der Waals surface area contributed by atoms with Crippen molar-refractivity contribution in [3.05, 3.63) is 40.5 Å².